The maximum Gasteiger partial charge on any atom is 0.305 e. The first-order valence-corrected chi connectivity index (χ1v) is 14.8. The van der Waals surface area contributed by atoms with Crippen molar-refractivity contribution in [1.29, 1.82) is 0 Å². The Kier molecular flexibility index (Phi) is 6.79. The number of esters is 1. The summed E-state index contributed by atoms with van der Waals surface area (Å²) >= 11 is 0. The van der Waals surface area contributed by atoms with Gasteiger partial charge in [-0.25, -0.2) is 0 Å². The van der Waals surface area contributed by atoms with Gasteiger partial charge >= 0.3 is 5.97 Å². The Morgan fingerprint density at radius 1 is 1.03 bits per heavy atom. The van der Waals surface area contributed by atoms with E-state index >= 15 is 0 Å². The lowest BCUT2D eigenvalue weighted by molar-refractivity contribution is -0.156. The van der Waals surface area contributed by atoms with E-state index < -0.39 is 10.1 Å². The molecule has 0 amide bonds. The second-order valence-corrected chi connectivity index (χ2v) is 13.7. The Hall–Kier alpha value is -0.620. The quantitative estimate of drug-likeness (QED) is 0.376. The number of methoxy groups -OCH3 is 1. The van der Waals surface area contributed by atoms with Gasteiger partial charge in [-0.1, -0.05) is 33.6 Å². The molecule has 6 heteroatoms. The highest BCUT2D eigenvalue weighted by Crippen LogP contribution is 2.68. The number of ether oxygens (including phenoxy) is 1. The van der Waals surface area contributed by atoms with E-state index in [2.05, 4.69) is 20.8 Å². The summed E-state index contributed by atoms with van der Waals surface area (Å²) in [5.41, 5.74) is 0.532. The summed E-state index contributed by atoms with van der Waals surface area (Å²) in [5, 5.41) is 0. The summed E-state index contributed by atoms with van der Waals surface area (Å²) in [5.74, 6) is 2.93. The van der Waals surface area contributed by atoms with E-state index in [0.717, 1.165) is 19.3 Å². The Balaban J connectivity index is 1.61. The van der Waals surface area contributed by atoms with Crippen LogP contribution in [0, 0.1) is 46.3 Å². The number of carbonyl (C=O) groups is 1. The van der Waals surface area contributed by atoms with Crippen molar-refractivity contribution in [3.8, 4) is 0 Å². The van der Waals surface area contributed by atoms with Gasteiger partial charge in [-0.2, -0.15) is 8.42 Å². The number of rotatable bonds is 6. The van der Waals surface area contributed by atoms with Gasteiger partial charge in [0.25, 0.3) is 10.1 Å². The zero-order valence-corrected chi connectivity index (χ0v) is 21.6. The molecule has 5 nitrogen and oxygen atoms in total. The summed E-state index contributed by atoms with van der Waals surface area (Å²) in [6, 6.07) is 0. The fourth-order valence-corrected chi connectivity index (χ4v) is 9.83. The minimum atomic E-state index is -3.48. The Morgan fingerprint density at radius 2 is 1.75 bits per heavy atom. The van der Waals surface area contributed by atoms with Crippen molar-refractivity contribution in [3.63, 3.8) is 0 Å². The smallest absolute Gasteiger partial charge is 0.305 e. The van der Waals surface area contributed by atoms with E-state index in [-0.39, 0.29) is 17.5 Å². The maximum atomic E-state index is 12.3. The summed E-state index contributed by atoms with van der Waals surface area (Å²) in [6.45, 7) is 7.28. The Morgan fingerprint density at radius 3 is 2.44 bits per heavy atom. The summed E-state index contributed by atoms with van der Waals surface area (Å²) in [4.78, 5) is 11.7. The van der Waals surface area contributed by atoms with E-state index in [0.29, 0.717) is 47.3 Å². The third-order valence-electron chi connectivity index (χ3n) is 10.7. The molecule has 0 heterocycles. The first-order valence-electron chi connectivity index (χ1n) is 12.9. The summed E-state index contributed by atoms with van der Waals surface area (Å²) in [7, 11) is -2.02. The number of hydrogen-bond acceptors (Lipinski definition) is 5. The molecule has 32 heavy (non-hydrogen) atoms. The van der Waals surface area contributed by atoms with Crippen molar-refractivity contribution in [1.82, 2.24) is 0 Å². The van der Waals surface area contributed by atoms with Crippen LogP contribution in [0.3, 0.4) is 0 Å². The molecule has 0 N–H and O–H groups in total. The minimum absolute atomic E-state index is 0.120. The molecule has 4 aliphatic carbocycles. The van der Waals surface area contributed by atoms with Crippen LogP contribution in [0.5, 0.6) is 0 Å². The van der Waals surface area contributed by atoms with Crippen LogP contribution in [0.4, 0.5) is 0 Å². The molecule has 0 aliphatic heterocycles. The van der Waals surface area contributed by atoms with Crippen LogP contribution in [0.15, 0.2) is 0 Å². The number of carbonyl (C=O) groups excluding carboxylic acids is 1. The zero-order chi connectivity index (χ0) is 23.3. The molecule has 0 spiro atoms. The molecule has 4 aliphatic rings. The van der Waals surface area contributed by atoms with Gasteiger partial charge in [-0.05, 0) is 97.7 Å². The first-order chi connectivity index (χ1) is 15.0. The van der Waals surface area contributed by atoms with Crippen LogP contribution < -0.4 is 0 Å². The molecule has 184 valence electrons. The average molecular weight is 469 g/mol. The topological polar surface area (TPSA) is 69.7 Å². The molecule has 0 aromatic heterocycles. The van der Waals surface area contributed by atoms with Gasteiger partial charge < -0.3 is 4.74 Å². The summed E-state index contributed by atoms with van der Waals surface area (Å²) < 4.78 is 35.3. The molecule has 4 saturated carbocycles. The van der Waals surface area contributed by atoms with Crippen molar-refractivity contribution in [3.05, 3.63) is 0 Å². The van der Waals surface area contributed by atoms with Crippen molar-refractivity contribution in [2.45, 2.75) is 97.5 Å². The lowest BCUT2D eigenvalue weighted by atomic mass is 9.44. The Labute approximate surface area is 195 Å². The predicted molar refractivity (Wildman–Crippen MR) is 125 cm³/mol. The molecule has 4 rings (SSSR count). The lowest BCUT2D eigenvalue weighted by Gasteiger charge is -2.62. The normalized spacial score (nSPS) is 44.8. The highest BCUT2D eigenvalue weighted by atomic mass is 32.2. The molecule has 0 aromatic carbocycles. The SMILES string of the molecule is COC(=O)CC[C@@H](C)[C@H]1CC[C@H]2[C@@H]3[C@H](OS(C)(=O)=O)C[C@@H]4CCCC[C@]4(C)[C@H]3CC[C@]12C. The van der Waals surface area contributed by atoms with E-state index in [1.165, 1.54) is 58.3 Å². The summed E-state index contributed by atoms with van der Waals surface area (Å²) in [6.07, 6.45) is 13.2. The van der Waals surface area contributed by atoms with Gasteiger partial charge in [0.05, 0.1) is 19.5 Å². The second kappa shape index (κ2) is 8.87. The van der Waals surface area contributed by atoms with Crippen molar-refractivity contribution >= 4 is 16.1 Å². The number of hydrogen-bond donors (Lipinski definition) is 0. The lowest BCUT2D eigenvalue weighted by Crippen LogP contribution is -2.58. The fourth-order valence-electron chi connectivity index (χ4n) is 9.18. The third-order valence-corrected chi connectivity index (χ3v) is 11.3. The van der Waals surface area contributed by atoms with Crippen molar-refractivity contribution < 1.29 is 22.1 Å². The van der Waals surface area contributed by atoms with Crippen LogP contribution >= 0.6 is 0 Å². The highest BCUT2D eigenvalue weighted by molar-refractivity contribution is 7.86. The van der Waals surface area contributed by atoms with E-state index in [1.807, 2.05) is 0 Å². The van der Waals surface area contributed by atoms with Crippen LogP contribution in [-0.4, -0.2) is 33.9 Å². The van der Waals surface area contributed by atoms with Crippen molar-refractivity contribution in [2.75, 3.05) is 13.4 Å². The van der Waals surface area contributed by atoms with Crippen LogP contribution in [0.25, 0.3) is 0 Å². The molecule has 0 unspecified atom stereocenters. The van der Waals surface area contributed by atoms with E-state index in [4.69, 9.17) is 8.92 Å². The molecule has 0 bridgehead atoms. The fraction of sp³-hybridized carbons (Fsp3) is 0.962. The van der Waals surface area contributed by atoms with Crippen LogP contribution in [-0.2, 0) is 23.8 Å². The van der Waals surface area contributed by atoms with Gasteiger partial charge in [0.15, 0.2) is 0 Å². The zero-order valence-electron chi connectivity index (χ0n) is 20.8. The molecular formula is C26H44O5S. The minimum Gasteiger partial charge on any atom is -0.469 e. The monoisotopic (exact) mass is 468 g/mol. The second-order valence-electron chi connectivity index (χ2n) is 12.1. The highest BCUT2D eigenvalue weighted by Gasteiger charge is 2.63. The van der Waals surface area contributed by atoms with Gasteiger partial charge in [0.2, 0.25) is 0 Å². The maximum absolute atomic E-state index is 12.3. The molecule has 0 radical (unpaired) electrons. The molecule has 0 aromatic rings. The molecule has 0 saturated heterocycles. The van der Waals surface area contributed by atoms with E-state index in [9.17, 15) is 13.2 Å². The van der Waals surface area contributed by atoms with Gasteiger partial charge in [-0.15, -0.1) is 0 Å². The molecule has 9 atom stereocenters. The predicted octanol–water partition coefficient (Wildman–Crippen LogP) is 5.58. The Bertz CT molecular complexity index is 809. The third kappa shape index (κ3) is 4.28. The van der Waals surface area contributed by atoms with Crippen LogP contribution in [0.2, 0.25) is 0 Å². The van der Waals surface area contributed by atoms with Crippen molar-refractivity contribution in [2.24, 2.45) is 46.3 Å². The van der Waals surface area contributed by atoms with Crippen LogP contribution in [0.1, 0.15) is 91.4 Å². The van der Waals surface area contributed by atoms with Gasteiger partial charge in [0.1, 0.15) is 0 Å². The average Bonchev–Trinajstić information content (AvgIpc) is 3.08. The number of fused-ring (bicyclic) bond motifs is 5. The molecular weight excluding hydrogens is 424 g/mol. The van der Waals surface area contributed by atoms with Gasteiger partial charge in [0, 0.05) is 6.42 Å². The first kappa shape index (κ1) is 24.5. The standard InChI is InChI=1S/C26H44O5S/c1-17(9-12-23(27)30-4)19-10-11-20-24-21(13-15-26(19,20)3)25(2)14-7-6-8-18(25)16-22(24)31-32(5,28)29/h17-22,24H,6-16H2,1-5H3/t17-,18+,19-,20+,21+,22-,24+,25+,26-/m1/s1. The van der Waals surface area contributed by atoms with Gasteiger partial charge in [-0.3, -0.25) is 8.98 Å². The van der Waals surface area contributed by atoms with E-state index in [1.54, 1.807) is 0 Å². The molecule has 4 fully saturated rings. The largest absolute Gasteiger partial charge is 0.469 e.